The predicted octanol–water partition coefficient (Wildman–Crippen LogP) is 5.07. The van der Waals surface area contributed by atoms with Crippen LogP contribution in [0.5, 0.6) is 0 Å². The average molecular weight is 399 g/mol. The lowest BCUT2D eigenvalue weighted by Crippen LogP contribution is -2.29. The highest BCUT2D eigenvalue weighted by Crippen LogP contribution is 2.32. The van der Waals surface area contributed by atoms with E-state index in [1.165, 1.54) is 12.1 Å². The summed E-state index contributed by atoms with van der Waals surface area (Å²) in [6, 6.07) is 10.0. The summed E-state index contributed by atoms with van der Waals surface area (Å²) >= 11 is 3.40. The van der Waals surface area contributed by atoms with Crippen molar-refractivity contribution in [3.05, 3.63) is 46.4 Å². The Bertz CT molecular complexity index is 935. The van der Waals surface area contributed by atoms with Gasteiger partial charge in [0.1, 0.15) is 5.52 Å². The van der Waals surface area contributed by atoms with Crippen molar-refractivity contribution in [2.24, 2.45) is 0 Å². The number of oxazole rings is 1. The molecule has 8 heteroatoms. The maximum absolute atomic E-state index is 12.4. The van der Waals surface area contributed by atoms with Crippen molar-refractivity contribution in [2.75, 3.05) is 5.32 Å². The van der Waals surface area contributed by atoms with Crippen LogP contribution >= 0.6 is 15.9 Å². The van der Waals surface area contributed by atoms with E-state index in [1.54, 1.807) is 13.0 Å². The zero-order chi connectivity index (χ0) is 17.5. The smallest absolute Gasteiger partial charge is 0.436 e. The molecule has 3 rings (SSSR count). The van der Waals surface area contributed by atoms with E-state index in [4.69, 9.17) is 4.42 Å². The fraction of sp³-hybridized carbons (Fsp3) is 0.125. The summed E-state index contributed by atoms with van der Waals surface area (Å²) in [5.74, 6) is -1.70. The Hall–Kier alpha value is -2.35. The van der Waals surface area contributed by atoms with Crippen molar-refractivity contribution in [3.63, 3.8) is 0 Å². The number of halogens is 4. The summed E-state index contributed by atoms with van der Waals surface area (Å²) in [5, 5.41) is 1.82. The Morgan fingerprint density at radius 2 is 1.96 bits per heavy atom. The molecule has 1 N–H and O–H groups in total. The molecule has 0 saturated carbocycles. The fourth-order valence-corrected chi connectivity index (χ4v) is 2.68. The Balaban J connectivity index is 2.03. The third-order valence-corrected chi connectivity index (χ3v) is 3.99. The maximum Gasteiger partial charge on any atom is 0.471 e. The van der Waals surface area contributed by atoms with Crippen molar-refractivity contribution in [1.29, 1.82) is 0 Å². The third kappa shape index (κ3) is 3.14. The molecule has 0 aliphatic rings. The minimum Gasteiger partial charge on any atom is -0.436 e. The van der Waals surface area contributed by atoms with E-state index in [-0.39, 0.29) is 5.69 Å². The lowest BCUT2D eigenvalue weighted by atomic mass is 10.2. The number of hydrogen-bond acceptors (Lipinski definition) is 3. The standard InChI is InChI=1S/C16H10BrF3N2O2/c1-8-6-9(21-15(23)16(18,19)20)7-12-13(8)24-14(22-12)10-4-2-3-5-11(10)17/h2-7H,1H3,(H,21,23). The van der Waals surface area contributed by atoms with E-state index in [0.29, 0.717) is 28.1 Å². The molecular formula is C16H10BrF3N2O2. The summed E-state index contributed by atoms with van der Waals surface area (Å²) in [6.07, 6.45) is -4.95. The van der Waals surface area contributed by atoms with Gasteiger partial charge in [-0.25, -0.2) is 4.98 Å². The number of nitrogens with one attached hydrogen (secondary N) is 1. The van der Waals surface area contributed by atoms with Gasteiger partial charge in [0.05, 0.1) is 5.56 Å². The molecule has 3 aromatic rings. The Morgan fingerprint density at radius 1 is 1.25 bits per heavy atom. The molecule has 1 amide bonds. The molecule has 0 spiro atoms. The van der Waals surface area contributed by atoms with Crippen molar-refractivity contribution >= 4 is 38.6 Å². The first-order valence-electron chi connectivity index (χ1n) is 6.80. The van der Waals surface area contributed by atoms with Gasteiger partial charge in [0.25, 0.3) is 0 Å². The van der Waals surface area contributed by atoms with Gasteiger partial charge in [-0.15, -0.1) is 0 Å². The predicted molar refractivity (Wildman–Crippen MR) is 86.6 cm³/mol. The number of anilines is 1. The number of aromatic nitrogens is 1. The van der Waals surface area contributed by atoms with Gasteiger partial charge in [0, 0.05) is 10.2 Å². The van der Waals surface area contributed by atoms with Crippen LogP contribution in [-0.4, -0.2) is 17.1 Å². The van der Waals surface area contributed by atoms with E-state index < -0.39 is 12.1 Å². The maximum atomic E-state index is 12.4. The van der Waals surface area contributed by atoms with Crippen molar-refractivity contribution in [2.45, 2.75) is 13.1 Å². The number of aryl methyl sites for hydroxylation is 1. The number of fused-ring (bicyclic) bond motifs is 1. The normalized spacial score (nSPS) is 11.7. The summed E-state index contributed by atoms with van der Waals surface area (Å²) in [5.41, 5.74) is 2.10. The van der Waals surface area contributed by atoms with Crippen LogP contribution in [0.4, 0.5) is 18.9 Å². The minimum absolute atomic E-state index is 0.00861. The molecule has 2 aromatic carbocycles. The zero-order valence-corrected chi connectivity index (χ0v) is 13.8. The minimum atomic E-state index is -4.95. The Morgan fingerprint density at radius 3 is 2.62 bits per heavy atom. The van der Waals surface area contributed by atoms with Crippen LogP contribution in [0.1, 0.15) is 5.56 Å². The van der Waals surface area contributed by atoms with Crippen molar-refractivity contribution < 1.29 is 22.4 Å². The number of benzene rings is 2. The van der Waals surface area contributed by atoms with E-state index in [0.717, 1.165) is 4.47 Å². The second kappa shape index (κ2) is 5.94. The van der Waals surface area contributed by atoms with Gasteiger partial charge in [-0.1, -0.05) is 12.1 Å². The first-order chi connectivity index (χ1) is 11.3. The molecule has 1 heterocycles. The second-order valence-corrected chi connectivity index (χ2v) is 5.95. The van der Waals surface area contributed by atoms with Crippen LogP contribution in [0, 0.1) is 6.92 Å². The average Bonchev–Trinajstić information content (AvgIpc) is 2.91. The van der Waals surface area contributed by atoms with Gasteiger partial charge in [0.15, 0.2) is 5.58 Å². The summed E-state index contributed by atoms with van der Waals surface area (Å²) < 4.78 is 43.6. The van der Waals surface area contributed by atoms with E-state index >= 15 is 0 Å². The van der Waals surface area contributed by atoms with Gasteiger partial charge in [-0.05, 0) is 52.7 Å². The molecule has 0 atom stereocenters. The zero-order valence-electron chi connectivity index (χ0n) is 12.2. The summed E-state index contributed by atoms with van der Waals surface area (Å²) in [4.78, 5) is 15.4. The van der Waals surface area contributed by atoms with Crippen LogP contribution in [0.25, 0.3) is 22.6 Å². The second-order valence-electron chi connectivity index (χ2n) is 5.09. The van der Waals surface area contributed by atoms with Gasteiger partial charge < -0.3 is 9.73 Å². The highest BCUT2D eigenvalue weighted by molar-refractivity contribution is 9.10. The monoisotopic (exact) mass is 398 g/mol. The summed E-state index contributed by atoms with van der Waals surface area (Å²) in [7, 11) is 0. The van der Waals surface area contributed by atoms with Gasteiger partial charge in [-0.2, -0.15) is 13.2 Å². The van der Waals surface area contributed by atoms with E-state index in [1.807, 2.05) is 23.5 Å². The van der Waals surface area contributed by atoms with E-state index in [9.17, 15) is 18.0 Å². The molecular weight excluding hydrogens is 389 g/mol. The lowest BCUT2D eigenvalue weighted by Gasteiger charge is -2.08. The molecule has 0 unspecified atom stereocenters. The molecule has 0 radical (unpaired) electrons. The molecule has 124 valence electrons. The van der Waals surface area contributed by atoms with Gasteiger partial charge in [-0.3, -0.25) is 4.79 Å². The van der Waals surface area contributed by atoms with Gasteiger partial charge >= 0.3 is 12.1 Å². The number of amides is 1. The molecule has 0 bridgehead atoms. The number of hydrogen-bond donors (Lipinski definition) is 1. The van der Waals surface area contributed by atoms with Crippen LogP contribution in [0.3, 0.4) is 0 Å². The number of rotatable bonds is 2. The highest BCUT2D eigenvalue weighted by atomic mass is 79.9. The Kier molecular flexibility index (Phi) is 4.08. The molecule has 1 aromatic heterocycles. The third-order valence-electron chi connectivity index (χ3n) is 3.30. The summed E-state index contributed by atoms with van der Waals surface area (Å²) in [6.45, 7) is 1.67. The first-order valence-corrected chi connectivity index (χ1v) is 7.59. The van der Waals surface area contributed by atoms with Crippen LogP contribution < -0.4 is 5.32 Å². The number of carbonyl (C=O) groups excluding carboxylic acids is 1. The molecule has 0 aliphatic carbocycles. The molecule has 0 saturated heterocycles. The van der Waals surface area contributed by atoms with Gasteiger partial charge in [0.2, 0.25) is 5.89 Å². The Labute approximate surface area is 142 Å². The first kappa shape index (κ1) is 16.5. The SMILES string of the molecule is Cc1cc(NC(=O)C(F)(F)F)cc2nc(-c3ccccc3Br)oc12. The van der Waals surface area contributed by atoms with Crippen LogP contribution in [0.2, 0.25) is 0 Å². The van der Waals surface area contributed by atoms with E-state index in [2.05, 4.69) is 20.9 Å². The van der Waals surface area contributed by atoms with Crippen LogP contribution in [-0.2, 0) is 4.79 Å². The number of nitrogens with zero attached hydrogens (tertiary/aromatic N) is 1. The largest absolute Gasteiger partial charge is 0.471 e. The number of carbonyl (C=O) groups is 1. The topological polar surface area (TPSA) is 55.1 Å². The van der Waals surface area contributed by atoms with Crippen molar-refractivity contribution in [3.8, 4) is 11.5 Å². The highest BCUT2D eigenvalue weighted by Gasteiger charge is 2.38. The lowest BCUT2D eigenvalue weighted by molar-refractivity contribution is -0.167. The van der Waals surface area contributed by atoms with Crippen LogP contribution in [0.15, 0.2) is 45.3 Å². The fourth-order valence-electron chi connectivity index (χ4n) is 2.22. The number of alkyl halides is 3. The quantitative estimate of drug-likeness (QED) is 0.655. The van der Waals surface area contributed by atoms with Crippen molar-refractivity contribution in [1.82, 2.24) is 4.98 Å². The molecule has 24 heavy (non-hydrogen) atoms. The molecule has 0 fully saturated rings. The molecule has 0 aliphatic heterocycles. The molecule has 4 nitrogen and oxygen atoms in total.